The molecule has 16 aromatic rings. The molecule has 99 heavy (non-hydrogen) atoms. The number of nitrogens with zero attached hydrogens (tertiary/aromatic N) is 5. The number of benzene rings is 15. The van der Waals surface area contributed by atoms with Gasteiger partial charge in [0.2, 0.25) is 0 Å². The Balaban J connectivity index is 0.986. The predicted octanol–water partition coefficient (Wildman–Crippen LogP) is 19.8. The summed E-state index contributed by atoms with van der Waals surface area (Å²) in [4.78, 5) is 10.3. The second-order valence-corrected chi connectivity index (χ2v) is 30.2. The van der Waals surface area contributed by atoms with Crippen molar-refractivity contribution in [3.63, 3.8) is 0 Å². The van der Waals surface area contributed by atoms with Crippen molar-refractivity contribution in [3.8, 4) is 50.2 Å². The molecule has 3 aliphatic heterocycles. The molecule has 19 rings (SSSR count). The topological polar surface area (TPSA) is 17.9 Å². The first-order valence-electron chi connectivity index (χ1n) is 33.9. The third-order valence-electron chi connectivity index (χ3n) is 19.9. The van der Waals surface area contributed by atoms with Gasteiger partial charge in [-0.2, -0.15) is 0 Å². The van der Waals surface area contributed by atoms with Crippen molar-refractivity contribution < 1.29 is 0 Å². The van der Waals surface area contributed by atoms with Gasteiger partial charge in [0.1, 0.15) is 0 Å². The molecule has 0 unspecified atom stereocenters. The number of rotatable bonds is 9. The van der Waals surface area contributed by atoms with E-state index in [1.54, 1.807) is 0 Å². The van der Waals surface area contributed by atoms with Crippen LogP contribution in [0.4, 0.5) is 68.2 Å². The van der Waals surface area contributed by atoms with Gasteiger partial charge in [-0.3, -0.25) is 0 Å². The summed E-state index contributed by atoms with van der Waals surface area (Å²) < 4.78 is 7.90. The molecule has 15 aromatic carbocycles. The van der Waals surface area contributed by atoms with Crippen molar-refractivity contribution in [1.29, 1.82) is 0 Å². The number of aromatic nitrogens is 1. The Morgan fingerprint density at radius 1 is 0.222 bits per heavy atom. The molecular formula is C91H62BN5Se2. The van der Waals surface area contributed by atoms with Crippen LogP contribution >= 0.6 is 0 Å². The molecule has 0 N–H and O–H groups in total. The molecule has 5 nitrogen and oxygen atoms in total. The summed E-state index contributed by atoms with van der Waals surface area (Å²) >= 11 is 0.181. The standard InChI is InChI=1S/C91H62BN5Se2/c1-92-76-57-74(65-30-10-4-11-31-65)84(96-80-38-18-22-42-88(80)98-89-43-23-19-39-81(89)96)59-86(76)93(67-50-46-63(47-51-67)61-26-6-2-7-27-61)69-54-70(56-71(55-69)95-78-36-16-14-34-72(78)73-35-15-17-37-79(73)95)94(68-52-48-64(49-53-68)62-28-8-3-9-29-62)87-60-85(75(58-77(87)92)66-32-12-5-13-33-66)97-82-40-20-24-44-90(82)99-91-45-25-21-41-83(91)97/h2-60H,1H3. The predicted molar refractivity (Wildman–Crippen MR) is 422 cm³/mol. The fourth-order valence-electron chi connectivity index (χ4n) is 15.3. The van der Waals surface area contributed by atoms with Gasteiger partial charge in [0.15, 0.2) is 0 Å². The SMILES string of the molecule is CB1c2cc(-c3ccccc3)c(N3c4ccccc4[Se]c4ccccc43)cc2N(c2ccc(-c3ccccc3)cc2)c2cc(cc(-n3c4ccccc4c4ccccc43)c2)N(c2ccc(-c3ccccc3)cc2)c2cc(N3c4ccccc4[Se]c4ccccc43)c(-c3ccccc3)cc21. The van der Waals surface area contributed by atoms with E-state index in [9.17, 15) is 0 Å². The first kappa shape index (κ1) is 58.7. The molecule has 0 spiro atoms. The molecule has 8 heteroatoms. The van der Waals surface area contributed by atoms with Gasteiger partial charge in [-0.05, 0) is 12.1 Å². The molecule has 466 valence electrons. The van der Waals surface area contributed by atoms with E-state index < -0.39 is 0 Å². The van der Waals surface area contributed by atoms with Crippen LogP contribution in [0.25, 0.3) is 72.0 Å². The first-order chi connectivity index (χ1) is 49.0. The minimum absolute atomic E-state index is 0.0903. The third-order valence-corrected chi connectivity index (χ3v) is 24.7. The Morgan fingerprint density at radius 2 is 0.525 bits per heavy atom. The van der Waals surface area contributed by atoms with Crippen molar-refractivity contribution >= 4 is 155 Å². The molecule has 4 heterocycles. The van der Waals surface area contributed by atoms with Gasteiger partial charge in [0, 0.05) is 10.8 Å². The van der Waals surface area contributed by atoms with Crippen molar-refractivity contribution in [2.75, 3.05) is 19.6 Å². The van der Waals surface area contributed by atoms with Gasteiger partial charge in [-0.1, -0.05) is 97.1 Å². The van der Waals surface area contributed by atoms with Gasteiger partial charge in [0.05, 0.1) is 0 Å². The van der Waals surface area contributed by atoms with Crippen molar-refractivity contribution in [3.05, 3.63) is 358 Å². The van der Waals surface area contributed by atoms with Crippen molar-refractivity contribution in [2.24, 2.45) is 0 Å². The number of fused-ring (bicyclic) bond motifs is 11. The average molecular weight is 1390 g/mol. The molecule has 2 bridgehead atoms. The second-order valence-electron chi connectivity index (χ2n) is 25.6. The second kappa shape index (κ2) is 24.5. The van der Waals surface area contributed by atoms with E-state index >= 15 is 0 Å². The molecule has 0 saturated carbocycles. The van der Waals surface area contributed by atoms with Crippen LogP contribution in [-0.2, 0) is 0 Å². The molecule has 0 atom stereocenters. The van der Waals surface area contributed by atoms with Crippen LogP contribution in [0.15, 0.2) is 358 Å². The number of hydrogen-bond donors (Lipinski definition) is 0. The van der Waals surface area contributed by atoms with Crippen molar-refractivity contribution in [2.45, 2.75) is 6.82 Å². The zero-order chi connectivity index (χ0) is 65.5. The van der Waals surface area contributed by atoms with Crippen LogP contribution in [0.3, 0.4) is 0 Å². The average Bonchev–Trinajstić information content (AvgIpc) is 1.65. The van der Waals surface area contributed by atoms with Crippen molar-refractivity contribution in [1.82, 2.24) is 4.57 Å². The summed E-state index contributed by atoms with van der Waals surface area (Å²) in [5.74, 6) is 0. The normalized spacial score (nSPS) is 12.9. The molecule has 0 aliphatic carbocycles. The fourth-order valence-corrected chi connectivity index (χ4v) is 19.8. The summed E-state index contributed by atoms with van der Waals surface area (Å²) in [6, 6.07) is 134. The Bertz CT molecular complexity index is 5340. The molecule has 0 amide bonds. The molecule has 1 aromatic heterocycles. The van der Waals surface area contributed by atoms with Crippen LogP contribution in [0.2, 0.25) is 6.82 Å². The first-order valence-corrected chi connectivity index (χ1v) is 37.3. The maximum atomic E-state index is 2.59. The van der Waals surface area contributed by atoms with E-state index in [0.29, 0.717) is 0 Å². The van der Waals surface area contributed by atoms with E-state index in [-0.39, 0.29) is 36.6 Å². The van der Waals surface area contributed by atoms with E-state index in [2.05, 4.69) is 389 Å². The minimum atomic E-state index is -0.241. The number of anilines is 12. The maximum absolute atomic E-state index is 2.59. The third kappa shape index (κ3) is 10.1. The molecule has 0 radical (unpaired) electrons. The Morgan fingerprint density at radius 3 is 0.899 bits per heavy atom. The molecule has 0 saturated heterocycles. The quantitative estimate of drug-likeness (QED) is 0.134. The molecule has 3 aliphatic rings. The van der Waals surface area contributed by atoms with Crippen LogP contribution < -0.4 is 48.4 Å². The van der Waals surface area contributed by atoms with Gasteiger partial charge in [-0.15, -0.1) is 0 Å². The number of hydrogen-bond acceptors (Lipinski definition) is 4. The molecular weight excluding hydrogens is 1330 g/mol. The fraction of sp³-hybridized carbons (Fsp3) is 0.0110. The summed E-state index contributed by atoms with van der Waals surface area (Å²) in [6.45, 7) is 2.23. The molecule has 0 fully saturated rings. The van der Waals surface area contributed by atoms with E-state index in [4.69, 9.17) is 0 Å². The van der Waals surface area contributed by atoms with Gasteiger partial charge in [0.25, 0.3) is 0 Å². The zero-order valence-electron chi connectivity index (χ0n) is 54.2. The summed E-state index contributed by atoms with van der Waals surface area (Å²) in [7, 11) is 0. The van der Waals surface area contributed by atoms with E-state index in [1.807, 2.05) is 0 Å². The van der Waals surface area contributed by atoms with Gasteiger partial charge >= 0.3 is 475 Å². The van der Waals surface area contributed by atoms with Crippen LogP contribution in [0, 0.1) is 0 Å². The zero-order valence-corrected chi connectivity index (χ0v) is 57.6. The van der Waals surface area contributed by atoms with Gasteiger partial charge in [-0.25, -0.2) is 0 Å². The van der Waals surface area contributed by atoms with Crippen LogP contribution in [0.5, 0.6) is 0 Å². The van der Waals surface area contributed by atoms with Crippen LogP contribution in [0.1, 0.15) is 0 Å². The van der Waals surface area contributed by atoms with E-state index in [0.717, 1.165) is 95.6 Å². The summed E-state index contributed by atoms with van der Waals surface area (Å²) in [5.41, 5.74) is 28.2. The van der Waals surface area contributed by atoms with Gasteiger partial charge < -0.3 is 0 Å². The number of para-hydroxylation sites is 6. The summed E-state index contributed by atoms with van der Waals surface area (Å²) in [6.07, 6.45) is 0. The Hall–Kier alpha value is -11.6. The monoisotopic (exact) mass is 1400 g/mol. The van der Waals surface area contributed by atoms with Crippen LogP contribution in [-0.4, -0.2) is 41.2 Å². The Kier molecular flexibility index (Phi) is 14.5. The summed E-state index contributed by atoms with van der Waals surface area (Å²) in [5, 5.41) is 2.41. The Labute approximate surface area is 590 Å². The van der Waals surface area contributed by atoms with E-state index in [1.165, 1.54) is 73.4 Å².